The largest absolute Gasteiger partial charge is 0.378 e. The normalized spacial score (nSPS) is 33.5. The number of carbonyl (C=O) groups is 1. The van der Waals surface area contributed by atoms with Crippen molar-refractivity contribution in [2.24, 2.45) is 17.3 Å². The Bertz CT molecular complexity index is 361. The van der Waals surface area contributed by atoms with Gasteiger partial charge in [-0.15, -0.1) is 0 Å². The van der Waals surface area contributed by atoms with Crippen LogP contribution in [0.5, 0.6) is 0 Å². The standard InChI is InChI=1S/C16H28N2O2/c1-3-20-14-8-13(16(14)6-4-5-7-16)18-15(19)11(2)12-9-17-10-12/h11-14,17H,3-10H2,1-2H3,(H,18,19). The smallest absolute Gasteiger partial charge is 0.223 e. The van der Waals surface area contributed by atoms with E-state index in [4.69, 9.17) is 4.74 Å². The minimum absolute atomic E-state index is 0.140. The van der Waals surface area contributed by atoms with E-state index in [-0.39, 0.29) is 17.2 Å². The van der Waals surface area contributed by atoms with Gasteiger partial charge in [-0.05, 0) is 45.2 Å². The van der Waals surface area contributed by atoms with Crippen LogP contribution in [0.15, 0.2) is 0 Å². The lowest BCUT2D eigenvalue weighted by Gasteiger charge is -2.54. The van der Waals surface area contributed by atoms with Gasteiger partial charge in [0.05, 0.1) is 6.10 Å². The quantitative estimate of drug-likeness (QED) is 0.806. The van der Waals surface area contributed by atoms with Crippen LogP contribution in [0.1, 0.15) is 46.0 Å². The van der Waals surface area contributed by atoms with E-state index in [1.165, 1.54) is 25.7 Å². The van der Waals surface area contributed by atoms with Gasteiger partial charge >= 0.3 is 0 Å². The number of carbonyl (C=O) groups excluding carboxylic acids is 1. The maximum absolute atomic E-state index is 12.4. The van der Waals surface area contributed by atoms with Crippen molar-refractivity contribution in [1.82, 2.24) is 10.6 Å². The lowest BCUT2D eigenvalue weighted by atomic mass is 9.60. The summed E-state index contributed by atoms with van der Waals surface area (Å²) in [6, 6.07) is 0.351. The van der Waals surface area contributed by atoms with Crippen LogP contribution in [0, 0.1) is 17.3 Å². The van der Waals surface area contributed by atoms with Gasteiger partial charge in [0.1, 0.15) is 0 Å². The predicted molar refractivity (Wildman–Crippen MR) is 78.4 cm³/mol. The molecule has 0 bridgehead atoms. The maximum Gasteiger partial charge on any atom is 0.223 e. The summed E-state index contributed by atoms with van der Waals surface area (Å²) in [5.41, 5.74) is 0.253. The van der Waals surface area contributed by atoms with Gasteiger partial charge in [0.2, 0.25) is 5.91 Å². The van der Waals surface area contributed by atoms with Gasteiger partial charge in [0.15, 0.2) is 0 Å². The Balaban J connectivity index is 1.58. The fourth-order valence-corrected chi connectivity index (χ4v) is 4.27. The van der Waals surface area contributed by atoms with E-state index in [1.807, 2.05) is 0 Å². The number of ether oxygens (including phenoxy) is 1. The van der Waals surface area contributed by atoms with Gasteiger partial charge in [0, 0.05) is 24.0 Å². The molecule has 114 valence electrons. The fourth-order valence-electron chi connectivity index (χ4n) is 4.27. The highest BCUT2D eigenvalue weighted by atomic mass is 16.5. The zero-order valence-electron chi connectivity index (χ0n) is 12.8. The summed E-state index contributed by atoms with van der Waals surface area (Å²) in [6.45, 7) is 6.91. The molecule has 2 aliphatic carbocycles. The highest BCUT2D eigenvalue weighted by molar-refractivity contribution is 5.79. The van der Waals surface area contributed by atoms with Crippen LogP contribution in [0.4, 0.5) is 0 Å². The van der Waals surface area contributed by atoms with Gasteiger partial charge in [-0.3, -0.25) is 4.79 Å². The molecule has 20 heavy (non-hydrogen) atoms. The van der Waals surface area contributed by atoms with Crippen LogP contribution in [-0.2, 0) is 9.53 Å². The second-order valence-electron chi connectivity index (χ2n) is 6.89. The average Bonchev–Trinajstić information content (AvgIpc) is 2.87. The van der Waals surface area contributed by atoms with Crippen LogP contribution < -0.4 is 10.6 Å². The molecular weight excluding hydrogens is 252 g/mol. The number of hydrogen-bond acceptors (Lipinski definition) is 3. The van der Waals surface area contributed by atoms with E-state index < -0.39 is 0 Å². The molecule has 1 aliphatic heterocycles. The van der Waals surface area contributed by atoms with Crippen molar-refractivity contribution in [2.45, 2.75) is 58.1 Å². The number of amides is 1. The Morgan fingerprint density at radius 2 is 2.10 bits per heavy atom. The third-order valence-electron chi connectivity index (χ3n) is 5.94. The van der Waals surface area contributed by atoms with Crippen LogP contribution in [0.3, 0.4) is 0 Å². The van der Waals surface area contributed by atoms with Gasteiger partial charge in [-0.1, -0.05) is 19.8 Å². The Kier molecular flexibility index (Phi) is 4.04. The summed E-state index contributed by atoms with van der Waals surface area (Å²) in [4.78, 5) is 12.4. The van der Waals surface area contributed by atoms with Crippen molar-refractivity contribution < 1.29 is 9.53 Å². The first kappa shape index (κ1) is 14.3. The molecule has 1 heterocycles. The lowest BCUT2D eigenvalue weighted by molar-refractivity contribution is -0.147. The van der Waals surface area contributed by atoms with Crippen molar-refractivity contribution in [3.05, 3.63) is 0 Å². The maximum atomic E-state index is 12.4. The Morgan fingerprint density at radius 3 is 2.65 bits per heavy atom. The second kappa shape index (κ2) is 5.64. The van der Waals surface area contributed by atoms with Crippen LogP contribution >= 0.6 is 0 Å². The monoisotopic (exact) mass is 280 g/mol. The molecule has 3 unspecified atom stereocenters. The molecule has 3 aliphatic rings. The predicted octanol–water partition coefficient (Wildman–Crippen LogP) is 1.70. The van der Waals surface area contributed by atoms with Crippen LogP contribution in [0.2, 0.25) is 0 Å². The van der Waals surface area contributed by atoms with Crippen molar-refractivity contribution in [1.29, 1.82) is 0 Å². The molecule has 3 atom stereocenters. The molecule has 3 rings (SSSR count). The molecule has 3 fully saturated rings. The van der Waals surface area contributed by atoms with Gasteiger partial charge < -0.3 is 15.4 Å². The molecule has 0 aromatic carbocycles. The third-order valence-corrected chi connectivity index (χ3v) is 5.94. The zero-order valence-corrected chi connectivity index (χ0v) is 12.8. The van der Waals surface area contributed by atoms with E-state index in [1.54, 1.807) is 0 Å². The molecule has 0 radical (unpaired) electrons. The van der Waals surface area contributed by atoms with Crippen LogP contribution in [-0.4, -0.2) is 37.7 Å². The van der Waals surface area contributed by atoms with Gasteiger partial charge in [-0.25, -0.2) is 0 Å². The molecular formula is C16H28N2O2. The molecule has 0 aromatic rings. The first-order valence-electron chi connectivity index (χ1n) is 8.30. The van der Waals surface area contributed by atoms with E-state index in [0.29, 0.717) is 18.1 Å². The minimum Gasteiger partial charge on any atom is -0.378 e. The molecule has 1 spiro atoms. The molecule has 1 saturated heterocycles. The summed E-state index contributed by atoms with van der Waals surface area (Å²) < 4.78 is 5.91. The highest BCUT2D eigenvalue weighted by Gasteiger charge is 2.57. The van der Waals surface area contributed by atoms with E-state index in [0.717, 1.165) is 26.1 Å². The van der Waals surface area contributed by atoms with Crippen molar-refractivity contribution in [3.63, 3.8) is 0 Å². The number of nitrogens with one attached hydrogen (secondary N) is 2. The van der Waals surface area contributed by atoms with Crippen molar-refractivity contribution in [2.75, 3.05) is 19.7 Å². The summed E-state index contributed by atoms with van der Waals surface area (Å²) in [5.74, 6) is 0.917. The Morgan fingerprint density at radius 1 is 1.40 bits per heavy atom. The van der Waals surface area contributed by atoms with E-state index in [2.05, 4.69) is 24.5 Å². The number of rotatable bonds is 5. The first-order valence-corrected chi connectivity index (χ1v) is 8.30. The highest BCUT2D eigenvalue weighted by Crippen LogP contribution is 2.54. The summed E-state index contributed by atoms with van der Waals surface area (Å²) in [6.07, 6.45) is 6.41. The fraction of sp³-hybridized carbons (Fsp3) is 0.938. The lowest BCUT2D eigenvalue weighted by Crippen LogP contribution is -2.65. The zero-order chi connectivity index (χ0) is 14.2. The number of hydrogen-bond donors (Lipinski definition) is 2. The third kappa shape index (κ3) is 2.27. The minimum atomic E-state index is 0.140. The summed E-state index contributed by atoms with van der Waals surface area (Å²) in [5, 5.41) is 6.59. The van der Waals surface area contributed by atoms with Gasteiger partial charge in [0.25, 0.3) is 0 Å². The van der Waals surface area contributed by atoms with E-state index >= 15 is 0 Å². The topological polar surface area (TPSA) is 50.4 Å². The second-order valence-corrected chi connectivity index (χ2v) is 6.89. The molecule has 0 aromatic heterocycles. The molecule has 2 N–H and O–H groups in total. The van der Waals surface area contributed by atoms with Crippen LogP contribution in [0.25, 0.3) is 0 Å². The summed E-state index contributed by atoms with van der Waals surface area (Å²) in [7, 11) is 0. The Labute approximate surface area is 122 Å². The molecule has 2 saturated carbocycles. The molecule has 4 heteroatoms. The first-order chi connectivity index (χ1) is 9.67. The molecule has 4 nitrogen and oxygen atoms in total. The van der Waals surface area contributed by atoms with Crippen molar-refractivity contribution >= 4 is 5.91 Å². The van der Waals surface area contributed by atoms with Crippen molar-refractivity contribution in [3.8, 4) is 0 Å². The van der Waals surface area contributed by atoms with Gasteiger partial charge in [-0.2, -0.15) is 0 Å². The SMILES string of the molecule is CCOC1CC(NC(=O)C(C)C2CNC2)C12CCCC2. The van der Waals surface area contributed by atoms with E-state index in [9.17, 15) is 4.79 Å². The average molecular weight is 280 g/mol. The summed E-state index contributed by atoms with van der Waals surface area (Å²) >= 11 is 0. The Hall–Kier alpha value is -0.610. The molecule has 1 amide bonds.